The zero-order valence-electron chi connectivity index (χ0n) is 9.51. The third-order valence-electron chi connectivity index (χ3n) is 2.55. The number of hydrogen-bond donors (Lipinski definition) is 2. The molecule has 0 saturated heterocycles. The predicted octanol–water partition coefficient (Wildman–Crippen LogP) is 1.26. The maximum atomic E-state index is 11.6. The first-order chi connectivity index (χ1) is 6.89. The maximum absolute atomic E-state index is 11.6. The van der Waals surface area contributed by atoms with Crippen LogP contribution in [0.15, 0.2) is 0 Å². The Bertz CT molecular complexity index is 419. The Kier molecular flexibility index (Phi) is 1.99. The first-order valence-electron chi connectivity index (χ1n) is 5.01. The Morgan fingerprint density at radius 1 is 1.47 bits per heavy atom. The van der Waals surface area contributed by atoms with Gasteiger partial charge in [-0.25, -0.2) is 0 Å². The third-order valence-corrected chi connectivity index (χ3v) is 2.55. The molecule has 5 heteroatoms. The van der Waals surface area contributed by atoms with Crippen molar-refractivity contribution in [1.29, 1.82) is 0 Å². The number of aryl methyl sites for hydroxylation is 2. The van der Waals surface area contributed by atoms with Gasteiger partial charge < -0.3 is 10.6 Å². The molecule has 82 valence electrons. The summed E-state index contributed by atoms with van der Waals surface area (Å²) in [6.07, 6.45) is 0.459. The van der Waals surface area contributed by atoms with Gasteiger partial charge in [0.05, 0.1) is 5.69 Å². The molecule has 1 aliphatic rings. The minimum atomic E-state index is -0.241. The number of anilines is 2. The first-order valence-corrected chi connectivity index (χ1v) is 5.01. The number of fused-ring (bicyclic) bond motifs is 1. The molecule has 0 aliphatic carbocycles. The Hall–Kier alpha value is -1.52. The molecule has 0 fully saturated rings. The molecular weight excluding hydrogens is 192 g/mol. The topological polar surface area (TPSA) is 59.0 Å². The van der Waals surface area contributed by atoms with E-state index in [9.17, 15) is 4.79 Å². The monoisotopic (exact) mass is 208 g/mol. The van der Waals surface area contributed by atoms with Gasteiger partial charge in [0.25, 0.3) is 0 Å². The van der Waals surface area contributed by atoms with Gasteiger partial charge in [0, 0.05) is 19.0 Å². The Labute approximate surface area is 88.8 Å². The number of amides is 1. The lowest BCUT2D eigenvalue weighted by molar-refractivity contribution is -0.116. The second-order valence-corrected chi connectivity index (χ2v) is 4.67. The normalized spacial score (nSPS) is 18.8. The highest BCUT2D eigenvalue weighted by Gasteiger charge is 2.29. The smallest absolute Gasteiger partial charge is 0.226 e. The van der Waals surface area contributed by atoms with E-state index in [1.54, 1.807) is 4.68 Å². The molecule has 1 aromatic heterocycles. The number of hydrogen-bond acceptors (Lipinski definition) is 3. The molecule has 0 bridgehead atoms. The zero-order chi connectivity index (χ0) is 11.2. The molecule has 0 unspecified atom stereocenters. The van der Waals surface area contributed by atoms with E-state index in [1.807, 2.05) is 27.8 Å². The largest absolute Gasteiger partial charge is 0.363 e. The molecule has 2 heterocycles. The zero-order valence-corrected chi connectivity index (χ0v) is 9.51. The van der Waals surface area contributed by atoms with Gasteiger partial charge in [-0.3, -0.25) is 9.48 Å². The molecule has 2 rings (SSSR count). The standard InChI is InChI=1S/C10H16N4O/c1-6-8-9(14(4)13-6)12-10(2,3)5-7(15)11-8/h12H,5H2,1-4H3,(H,11,15). The number of carbonyl (C=O) groups excluding carboxylic acids is 1. The van der Waals surface area contributed by atoms with Crippen molar-refractivity contribution in [2.24, 2.45) is 7.05 Å². The van der Waals surface area contributed by atoms with Gasteiger partial charge in [-0.05, 0) is 20.8 Å². The van der Waals surface area contributed by atoms with Gasteiger partial charge >= 0.3 is 0 Å². The van der Waals surface area contributed by atoms with Gasteiger partial charge in [-0.1, -0.05) is 0 Å². The molecule has 0 aromatic carbocycles. The molecule has 0 spiro atoms. The molecule has 15 heavy (non-hydrogen) atoms. The summed E-state index contributed by atoms with van der Waals surface area (Å²) in [4.78, 5) is 11.6. The quantitative estimate of drug-likeness (QED) is 0.675. The second-order valence-electron chi connectivity index (χ2n) is 4.67. The van der Waals surface area contributed by atoms with Crippen LogP contribution in [0, 0.1) is 6.92 Å². The van der Waals surface area contributed by atoms with Crippen LogP contribution in [0.1, 0.15) is 26.0 Å². The average Bonchev–Trinajstić information content (AvgIpc) is 2.29. The molecule has 0 radical (unpaired) electrons. The Balaban J connectivity index is 2.52. The number of carbonyl (C=O) groups is 1. The van der Waals surface area contributed by atoms with E-state index in [-0.39, 0.29) is 11.4 Å². The Morgan fingerprint density at radius 2 is 2.13 bits per heavy atom. The van der Waals surface area contributed by atoms with Crippen LogP contribution in [0.3, 0.4) is 0 Å². The molecule has 1 amide bonds. The van der Waals surface area contributed by atoms with Gasteiger partial charge in [0.15, 0.2) is 0 Å². The van der Waals surface area contributed by atoms with E-state index in [1.165, 1.54) is 0 Å². The van der Waals surface area contributed by atoms with E-state index >= 15 is 0 Å². The van der Waals surface area contributed by atoms with E-state index in [0.29, 0.717) is 6.42 Å². The lowest BCUT2D eigenvalue weighted by atomic mass is 10.0. The highest BCUT2D eigenvalue weighted by atomic mass is 16.1. The fourth-order valence-electron chi connectivity index (χ4n) is 1.90. The number of nitrogens with zero attached hydrogens (tertiary/aromatic N) is 2. The van der Waals surface area contributed by atoms with Crippen molar-refractivity contribution >= 4 is 17.4 Å². The first kappa shape index (κ1) is 10.0. The van der Waals surface area contributed by atoms with Gasteiger partial charge in [-0.2, -0.15) is 5.10 Å². The van der Waals surface area contributed by atoms with E-state index in [2.05, 4.69) is 15.7 Å². The molecular formula is C10H16N4O. The van der Waals surface area contributed by atoms with Gasteiger partial charge in [0.1, 0.15) is 11.5 Å². The summed E-state index contributed by atoms with van der Waals surface area (Å²) in [5.74, 6) is 0.908. The lowest BCUT2D eigenvalue weighted by Crippen LogP contribution is -2.33. The molecule has 5 nitrogen and oxygen atoms in total. The van der Waals surface area contributed by atoms with Crippen molar-refractivity contribution < 1.29 is 4.79 Å². The molecule has 2 N–H and O–H groups in total. The van der Waals surface area contributed by atoms with E-state index in [4.69, 9.17) is 0 Å². The van der Waals surface area contributed by atoms with Crippen molar-refractivity contribution in [3.63, 3.8) is 0 Å². The summed E-state index contributed by atoms with van der Waals surface area (Å²) in [6.45, 7) is 5.90. The van der Waals surface area contributed by atoms with E-state index in [0.717, 1.165) is 17.2 Å². The summed E-state index contributed by atoms with van der Waals surface area (Å²) in [7, 11) is 1.87. The van der Waals surface area contributed by atoms with Crippen molar-refractivity contribution in [3.05, 3.63) is 5.69 Å². The van der Waals surface area contributed by atoms with Crippen molar-refractivity contribution in [3.8, 4) is 0 Å². The van der Waals surface area contributed by atoms with Crippen molar-refractivity contribution in [1.82, 2.24) is 9.78 Å². The van der Waals surface area contributed by atoms with Crippen LogP contribution in [-0.2, 0) is 11.8 Å². The van der Waals surface area contributed by atoms with Gasteiger partial charge in [-0.15, -0.1) is 0 Å². The molecule has 1 aromatic rings. The average molecular weight is 208 g/mol. The fourth-order valence-corrected chi connectivity index (χ4v) is 1.90. The third kappa shape index (κ3) is 1.69. The minimum Gasteiger partial charge on any atom is -0.363 e. The van der Waals surface area contributed by atoms with Crippen LogP contribution in [0.25, 0.3) is 0 Å². The van der Waals surface area contributed by atoms with Crippen molar-refractivity contribution in [2.45, 2.75) is 32.7 Å². The summed E-state index contributed by atoms with van der Waals surface area (Å²) in [6, 6.07) is 0. The summed E-state index contributed by atoms with van der Waals surface area (Å²) in [5.41, 5.74) is 1.40. The fraction of sp³-hybridized carbons (Fsp3) is 0.600. The molecule has 1 aliphatic heterocycles. The van der Waals surface area contributed by atoms with Crippen molar-refractivity contribution in [2.75, 3.05) is 10.6 Å². The molecule has 0 saturated carbocycles. The van der Waals surface area contributed by atoms with Crippen LogP contribution < -0.4 is 10.6 Å². The number of rotatable bonds is 0. The molecule has 0 atom stereocenters. The summed E-state index contributed by atoms with van der Waals surface area (Å²) in [5, 5.41) is 10.5. The summed E-state index contributed by atoms with van der Waals surface area (Å²) >= 11 is 0. The number of aromatic nitrogens is 2. The van der Waals surface area contributed by atoms with Gasteiger partial charge in [0.2, 0.25) is 5.91 Å². The van der Waals surface area contributed by atoms with Crippen LogP contribution in [0.2, 0.25) is 0 Å². The lowest BCUT2D eigenvalue weighted by Gasteiger charge is -2.23. The number of nitrogens with one attached hydrogen (secondary N) is 2. The highest BCUT2D eigenvalue weighted by molar-refractivity contribution is 5.97. The van der Waals surface area contributed by atoms with Crippen LogP contribution in [-0.4, -0.2) is 21.2 Å². The van der Waals surface area contributed by atoms with Crippen LogP contribution in [0.4, 0.5) is 11.5 Å². The highest BCUT2D eigenvalue weighted by Crippen LogP contribution is 2.31. The minimum absolute atomic E-state index is 0.0300. The predicted molar refractivity (Wildman–Crippen MR) is 58.9 cm³/mol. The van der Waals surface area contributed by atoms with Crippen LogP contribution >= 0.6 is 0 Å². The van der Waals surface area contributed by atoms with Crippen LogP contribution in [0.5, 0.6) is 0 Å². The Morgan fingerprint density at radius 3 is 2.80 bits per heavy atom. The maximum Gasteiger partial charge on any atom is 0.226 e. The second kappa shape index (κ2) is 2.98. The van der Waals surface area contributed by atoms with E-state index < -0.39 is 0 Å². The summed E-state index contributed by atoms with van der Waals surface area (Å²) < 4.78 is 1.76. The SMILES string of the molecule is Cc1nn(C)c2c1NC(=O)CC(C)(C)N2.